The zero-order valence-corrected chi connectivity index (χ0v) is 11.5. The second kappa shape index (κ2) is 5.55. The fourth-order valence-electron chi connectivity index (χ4n) is 2.24. The van der Waals surface area contributed by atoms with E-state index < -0.39 is 0 Å². The third-order valence-corrected chi connectivity index (χ3v) is 4.03. The molecule has 0 fully saturated rings. The Labute approximate surface area is 116 Å². The Morgan fingerprint density at radius 2 is 2.11 bits per heavy atom. The summed E-state index contributed by atoms with van der Waals surface area (Å²) in [5.74, 6) is 0. The standard InChI is InChI=1S/C15H17N3S/c16-13(7-6-12-4-2-1-3-5-12)10-14-11-18-8-9-19-15(18)17-14/h1-5,8-9,11,13H,6-7,10,16H2. The average molecular weight is 271 g/mol. The zero-order valence-electron chi connectivity index (χ0n) is 10.7. The van der Waals surface area contributed by atoms with Gasteiger partial charge in [0, 0.05) is 30.2 Å². The fraction of sp³-hybridized carbons (Fsp3) is 0.267. The first-order chi connectivity index (χ1) is 9.31. The van der Waals surface area contributed by atoms with Crippen molar-refractivity contribution in [1.29, 1.82) is 0 Å². The molecule has 1 aromatic carbocycles. The third-order valence-electron chi connectivity index (χ3n) is 3.26. The highest BCUT2D eigenvalue weighted by Gasteiger charge is 2.08. The van der Waals surface area contributed by atoms with Crippen molar-refractivity contribution in [2.45, 2.75) is 25.3 Å². The number of imidazole rings is 1. The van der Waals surface area contributed by atoms with Crippen LogP contribution >= 0.6 is 11.3 Å². The lowest BCUT2D eigenvalue weighted by Crippen LogP contribution is -2.23. The molecule has 2 N–H and O–H groups in total. The van der Waals surface area contributed by atoms with Crippen LogP contribution in [0.4, 0.5) is 0 Å². The fourth-order valence-corrected chi connectivity index (χ4v) is 2.96. The van der Waals surface area contributed by atoms with Gasteiger partial charge in [0.05, 0.1) is 5.69 Å². The average Bonchev–Trinajstić information content (AvgIpc) is 2.98. The quantitative estimate of drug-likeness (QED) is 0.775. The number of hydrogen-bond acceptors (Lipinski definition) is 3. The molecule has 2 heterocycles. The molecular formula is C15H17N3S. The van der Waals surface area contributed by atoms with Crippen LogP contribution < -0.4 is 5.73 Å². The van der Waals surface area contributed by atoms with Gasteiger partial charge in [-0.25, -0.2) is 4.98 Å². The molecular weight excluding hydrogens is 254 g/mol. The Bertz CT molecular complexity index is 613. The number of aryl methyl sites for hydroxylation is 1. The first-order valence-electron chi connectivity index (χ1n) is 6.52. The second-order valence-electron chi connectivity index (χ2n) is 4.81. The Morgan fingerprint density at radius 3 is 2.89 bits per heavy atom. The summed E-state index contributed by atoms with van der Waals surface area (Å²) in [5.41, 5.74) is 8.64. The smallest absolute Gasteiger partial charge is 0.193 e. The van der Waals surface area contributed by atoms with Crippen LogP contribution in [0.5, 0.6) is 0 Å². The summed E-state index contributed by atoms with van der Waals surface area (Å²) in [5, 5.41) is 2.04. The van der Waals surface area contributed by atoms with E-state index in [4.69, 9.17) is 5.73 Å². The molecule has 0 aliphatic carbocycles. The van der Waals surface area contributed by atoms with E-state index in [1.165, 1.54) is 5.56 Å². The number of thiazole rings is 1. The van der Waals surface area contributed by atoms with Crippen LogP contribution in [0.1, 0.15) is 17.7 Å². The van der Waals surface area contributed by atoms with Crippen molar-refractivity contribution in [2.24, 2.45) is 5.73 Å². The minimum absolute atomic E-state index is 0.171. The highest BCUT2D eigenvalue weighted by Crippen LogP contribution is 2.13. The molecule has 0 radical (unpaired) electrons. The maximum atomic E-state index is 6.20. The molecule has 3 aromatic rings. The minimum atomic E-state index is 0.171. The Kier molecular flexibility index (Phi) is 3.62. The molecule has 0 saturated heterocycles. The highest BCUT2D eigenvalue weighted by molar-refractivity contribution is 7.15. The van der Waals surface area contributed by atoms with E-state index in [2.05, 4.69) is 39.8 Å². The Morgan fingerprint density at radius 1 is 1.26 bits per heavy atom. The number of nitrogens with two attached hydrogens (primary N) is 1. The molecule has 1 unspecified atom stereocenters. The van der Waals surface area contributed by atoms with E-state index in [-0.39, 0.29) is 6.04 Å². The van der Waals surface area contributed by atoms with E-state index in [0.29, 0.717) is 0 Å². The molecule has 0 aliphatic heterocycles. The summed E-state index contributed by atoms with van der Waals surface area (Å²) in [6.07, 6.45) is 6.99. The van der Waals surface area contributed by atoms with E-state index in [9.17, 15) is 0 Å². The van der Waals surface area contributed by atoms with Gasteiger partial charge in [-0.15, -0.1) is 11.3 Å². The van der Waals surface area contributed by atoms with Crippen molar-refractivity contribution < 1.29 is 0 Å². The minimum Gasteiger partial charge on any atom is -0.327 e. The number of fused-ring (bicyclic) bond motifs is 1. The molecule has 98 valence electrons. The van der Waals surface area contributed by atoms with Gasteiger partial charge >= 0.3 is 0 Å². The van der Waals surface area contributed by atoms with Crippen LogP contribution in [0.3, 0.4) is 0 Å². The van der Waals surface area contributed by atoms with E-state index in [1.54, 1.807) is 11.3 Å². The molecule has 3 rings (SSSR count). The second-order valence-corrected chi connectivity index (χ2v) is 5.69. The van der Waals surface area contributed by atoms with Crippen LogP contribution in [-0.2, 0) is 12.8 Å². The van der Waals surface area contributed by atoms with Crippen molar-refractivity contribution in [3.05, 3.63) is 59.4 Å². The van der Waals surface area contributed by atoms with E-state index in [1.807, 2.05) is 17.6 Å². The van der Waals surface area contributed by atoms with E-state index >= 15 is 0 Å². The summed E-state index contributed by atoms with van der Waals surface area (Å²) >= 11 is 1.66. The molecule has 0 spiro atoms. The molecule has 2 aromatic heterocycles. The van der Waals surface area contributed by atoms with Gasteiger partial charge in [-0.05, 0) is 18.4 Å². The maximum absolute atomic E-state index is 6.20. The lowest BCUT2D eigenvalue weighted by atomic mass is 10.0. The van der Waals surface area contributed by atoms with E-state index in [0.717, 1.165) is 29.9 Å². The van der Waals surface area contributed by atoms with Crippen LogP contribution in [0.2, 0.25) is 0 Å². The predicted octanol–water partition coefficient (Wildman–Crippen LogP) is 2.90. The van der Waals surface area contributed by atoms with Crippen molar-refractivity contribution in [3.63, 3.8) is 0 Å². The van der Waals surface area contributed by atoms with Gasteiger partial charge in [0.2, 0.25) is 0 Å². The van der Waals surface area contributed by atoms with Crippen molar-refractivity contribution >= 4 is 16.3 Å². The molecule has 0 amide bonds. The number of hydrogen-bond donors (Lipinski definition) is 1. The van der Waals surface area contributed by atoms with Gasteiger partial charge in [0.1, 0.15) is 0 Å². The number of rotatable bonds is 5. The van der Waals surface area contributed by atoms with Crippen molar-refractivity contribution in [1.82, 2.24) is 9.38 Å². The summed E-state index contributed by atoms with van der Waals surface area (Å²) in [6.45, 7) is 0. The number of nitrogens with zero attached hydrogens (tertiary/aromatic N) is 2. The Balaban J connectivity index is 1.56. The van der Waals surface area contributed by atoms with Gasteiger partial charge in [-0.1, -0.05) is 30.3 Å². The molecule has 1 atom stereocenters. The molecule has 19 heavy (non-hydrogen) atoms. The summed E-state index contributed by atoms with van der Waals surface area (Å²) in [4.78, 5) is 5.62. The molecule has 0 saturated carbocycles. The molecule has 0 bridgehead atoms. The number of benzene rings is 1. The maximum Gasteiger partial charge on any atom is 0.193 e. The first kappa shape index (κ1) is 12.4. The lowest BCUT2D eigenvalue weighted by molar-refractivity contribution is 0.604. The highest BCUT2D eigenvalue weighted by atomic mass is 32.1. The van der Waals surface area contributed by atoms with Gasteiger partial charge in [0.25, 0.3) is 0 Å². The molecule has 0 aliphatic rings. The van der Waals surface area contributed by atoms with Crippen molar-refractivity contribution in [3.8, 4) is 0 Å². The van der Waals surface area contributed by atoms with Gasteiger partial charge in [-0.2, -0.15) is 0 Å². The van der Waals surface area contributed by atoms with Crippen molar-refractivity contribution in [2.75, 3.05) is 0 Å². The summed E-state index contributed by atoms with van der Waals surface area (Å²) in [7, 11) is 0. The molecule has 4 heteroatoms. The normalized spacial score (nSPS) is 12.9. The van der Waals surface area contributed by atoms with Crippen LogP contribution in [-0.4, -0.2) is 15.4 Å². The largest absolute Gasteiger partial charge is 0.327 e. The lowest BCUT2D eigenvalue weighted by Gasteiger charge is -2.09. The number of aromatic nitrogens is 2. The van der Waals surface area contributed by atoms with Gasteiger partial charge < -0.3 is 5.73 Å². The predicted molar refractivity (Wildman–Crippen MR) is 79.5 cm³/mol. The molecule has 3 nitrogen and oxygen atoms in total. The SMILES string of the molecule is NC(CCc1ccccc1)Cc1cn2ccsc2n1. The zero-order chi connectivity index (χ0) is 13.1. The van der Waals surface area contributed by atoms with Gasteiger partial charge in [-0.3, -0.25) is 4.40 Å². The Hall–Kier alpha value is -1.65. The summed E-state index contributed by atoms with van der Waals surface area (Å²) < 4.78 is 2.06. The first-order valence-corrected chi connectivity index (χ1v) is 7.40. The monoisotopic (exact) mass is 271 g/mol. The van der Waals surface area contributed by atoms with Crippen LogP contribution in [0.15, 0.2) is 48.1 Å². The third kappa shape index (κ3) is 3.03. The topological polar surface area (TPSA) is 43.3 Å². The van der Waals surface area contributed by atoms with Crippen LogP contribution in [0.25, 0.3) is 4.96 Å². The van der Waals surface area contributed by atoms with Crippen LogP contribution in [0, 0.1) is 0 Å². The van der Waals surface area contributed by atoms with Gasteiger partial charge in [0.15, 0.2) is 4.96 Å². The summed E-state index contributed by atoms with van der Waals surface area (Å²) in [6, 6.07) is 10.7.